The minimum absolute atomic E-state index is 0.479. The molecule has 0 spiro atoms. The molecule has 0 aromatic heterocycles. The fourth-order valence-corrected chi connectivity index (χ4v) is 4.96. The summed E-state index contributed by atoms with van der Waals surface area (Å²) in [4.78, 5) is 7.15. The first-order valence-electron chi connectivity index (χ1n) is 9.24. The molecular formula is C20H27N3O2S. The molecular weight excluding hydrogens is 346 g/mol. The van der Waals surface area contributed by atoms with E-state index in [9.17, 15) is 9.11 Å². The Balaban J connectivity index is 1.40. The Labute approximate surface area is 157 Å². The number of nitrogens with zero attached hydrogens (tertiary/aromatic N) is 3. The number of piperazine rings is 1. The van der Waals surface area contributed by atoms with Gasteiger partial charge in [0, 0.05) is 56.3 Å². The highest BCUT2D eigenvalue weighted by Crippen LogP contribution is 2.41. The third-order valence-electron chi connectivity index (χ3n) is 5.34. The van der Waals surface area contributed by atoms with E-state index in [-0.39, 0.29) is 0 Å². The zero-order valence-corrected chi connectivity index (χ0v) is 15.8. The topological polar surface area (TPSA) is 50.2 Å². The second-order valence-corrected chi connectivity index (χ2v) is 9.45. The van der Waals surface area contributed by atoms with Gasteiger partial charge in [-0.3, -0.25) is 9.11 Å². The molecule has 140 valence electrons. The first kappa shape index (κ1) is 17.5. The van der Waals surface area contributed by atoms with Crippen molar-refractivity contribution in [1.82, 2.24) is 0 Å². The highest BCUT2D eigenvalue weighted by Gasteiger charge is 2.23. The fraction of sp³-hybridized carbons (Fsp3) is 0.400. The highest BCUT2D eigenvalue weighted by atomic mass is 32.3. The van der Waals surface area contributed by atoms with Gasteiger partial charge in [0.05, 0.1) is 11.5 Å². The van der Waals surface area contributed by atoms with Crippen LogP contribution in [0.4, 0.5) is 17.1 Å². The van der Waals surface area contributed by atoms with Crippen LogP contribution in [0.1, 0.15) is 0 Å². The second-order valence-electron chi connectivity index (χ2n) is 7.03. The van der Waals surface area contributed by atoms with E-state index in [1.165, 1.54) is 17.1 Å². The van der Waals surface area contributed by atoms with E-state index < -0.39 is 10.6 Å². The smallest absolute Gasteiger partial charge is 0.0550 e. The Morgan fingerprint density at radius 2 is 1.04 bits per heavy atom. The molecule has 2 aliphatic heterocycles. The lowest BCUT2D eigenvalue weighted by molar-refractivity contribution is 0.479. The van der Waals surface area contributed by atoms with Crippen LogP contribution in [0.15, 0.2) is 54.6 Å². The summed E-state index contributed by atoms with van der Waals surface area (Å²) in [6.45, 7) is 5.51. The molecule has 2 aromatic rings. The second kappa shape index (κ2) is 7.39. The Morgan fingerprint density at radius 1 is 0.577 bits per heavy atom. The minimum Gasteiger partial charge on any atom is -0.368 e. The summed E-state index contributed by atoms with van der Waals surface area (Å²) in [5.74, 6) is 0.958. The highest BCUT2D eigenvalue weighted by molar-refractivity contribution is 8.24. The lowest BCUT2D eigenvalue weighted by atomic mass is 10.2. The Morgan fingerprint density at radius 3 is 1.62 bits per heavy atom. The number of rotatable bonds is 3. The average molecular weight is 374 g/mol. The molecule has 0 atom stereocenters. The number of para-hydroxylation sites is 1. The molecule has 0 unspecified atom stereocenters. The molecule has 2 saturated heterocycles. The van der Waals surface area contributed by atoms with Crippen molar-refractivity contribution in [1.29, 1.82) is 0 Å². The zero-order chi connectivity index (χ0) is 18.0. The summed E-state index contributed by atoms with van der Waals surface area (Å²) < 4.78 is 19.6. The standard InChI is InChI=1S/C20H27N3O2S/c24-26(25)15-13-23(14-16-26)20-8-4-7-19(17-20)22-11-9-21(10-12-22)18-5-2-1-3-6-18/h1-8,17,24-25H,9-16H2. The Bertz CT molecular complexity index is 723. The van der Waals surface area contributed by atoms with Gasteiger partial charge in [-0.25, -0.2) is 0 Å². The molecule has 5 nitrogen and oxygen atoms in total. The first-order chi connectivity index (χ1) is 12.6. The van der Waals surface area contributed by atoms with E-state index in [1.54, 1.807) is 0 Å². The first-order valence-corrected chi connectivity index (χ1v) is 11.1. The van der Waals surface area contributed by atoms with Gasteiger partial charge in [0.15, 0.2) is 0 Å². The SMILES string of the molecule is OS1(O)CCN(c2cccc(N3CCN(c4ccccc4)CC3)c2)CC1. The third kappa shape index (κ3) is 3.92. The summed E-state index contributed by atoms with van der Waals surface area (Å²) in [5.41, 5.74) is 3.74. The number of hydrogen-bond acceptors (Lipinski definition) is 5. The largest absolute Gasteiger partial charge is 0.368 e. The van der Waals surface area contributed by atoms with Crippen LogP contribution in [-0.4, -0.2) is 59.9 Å². The number of anilines is 3. The van der Waals surface area contributed by atoms with E-state index >= 15 is 0 Å². The average Bonchev–Trinajstić information content (AvgIpc) is 2.69. The van der Waals surface area contributed by atoms with E-state index in [0.717, 1.165) is 26.2 Å². The quantitative estimate of drug-likeness (QED) is 0.861. The molecule has 2 fully saturated rings. The molecule has 6 heteroatoms. The van der Waals surface area contributed by atoms with Crippen LogP contribution >= 0.6 is 10.6 Å². The molecule has 0 saturated carbocycles. The lowest BCUT2D eigenvalue weighted by Gasteiger charge is -2.42. The maximum Gasteiger partial charge on any atom is 0.0550 e. The van der Waals surface area contributed by atoms with Crippen LogP contribution in [0.3, 0.4) is 0 Å². The molecule has 2 N–H and O–H groups in total. The van der Waals surface area contributed by atoms with Crippen molar-refractivity contribution >= 4 is 27.7 Å². The van der Waals surface area contributed by atoms with Crippen molar-refractivity contribution in [2.24, 2.45) is 0 Å². The molecule has 0 amide bonds. The van der Waals surface area contributed by atoms with E-state index in [1.807, 2.05) is 0 Å². The molecule has 2 aromatic carbocycles. The zero-order valence-electron chi connectivity index (χ0n) is 15.0. The van der Waals surface area contributed by atoms with Gasteiger partial charge < -0.3 is 14.7 Å². The van der Waals surface area contributed by atoms with Gasteiger partial charge in [-0.05, 0) is 30.3 Å². The Kier molecular flexibility index (Phi) is 4.98. The summed E-state index contributed by atoms with van der Waals surface area (Å²) in [5, 5.41) is 0. The molecule has 2 aliphatic rings. The van der Waals surface area contributed by atoms with Crippen LogP contribution in [0, 0.1) is 0 Å². The summed E-state index contributed by atoms with van der Waals surface area (Å²) >= 11 is 0. The van der Waals surface area contributed by atoms with Crippen LogP contribution in [0.5, 0.6) is 0 Å². The third-order valence-corrected chi connectivity index (χ3v) is 7.01. The Hall–Kier alpha value is -1.89. The maximum absolute atomic E-state index is 9.82. The van der Waals surface area contributed by atoms with Crippen LogP contribution in [0.2, 0.25) is 0 Å². The van der Waals surface area contributed by atoms with Gasteiger partial charge in [-0.15, -0.1) is 0 Å². The van der Waals surface area contributed by atoms with E-state index in [0.29, 0.717) is 24.6 Å². The number of benzene rings is 2. The maximum atomic E-state index is 9.82. The van der Waals surface area contributed by atoms with Gasteiger partial charge in [0.2, 0.25) is 0 Å². The molecule has 0 radical (unpaired) electrons. The normalized spacial score (nSPS) is 21.5. The monoisotopic (exact) mass is 373 g/mol. The predicted molar refractivity (Wildman–Crippen MR) is 112 cm³/mol. The van der Waals surface area contributed by atoms with E-state index in [4.69, 9.17) is 0 Å². The molecule has 26 heavy (non-hydrogen) atoms. The summed E-state index contributed by atoms with van der Waals surface area (Å²) in [6.07, 6.45) is 0. The molecule has 4 rings (SSSR count). The van der Waals surface area contributed by atoms with Crippen molar-refractivity contribution in [2.45, 2.75) is 0 Å². The summed E-state index contributed by atoms with van der Waals surface area (Å²) in [6, 6.07) is 19.3. The van der Waals surface area contributed by atoms with Crippen molar-refractivity contribution < 1.29 is 9.11 Å². The molecule has 0 aliphatic carbocycles. The fourth-order valence-electron chi connectivity index (χ4n) is 3.73. The van der Waals surface area contributed by atoms with Crippen molar-refractivity contribution in [3.8, 4) is 0 Å². The van der Waals surface area contributed by atoms with Gasteiger partial charge in [0.25, 0.3) is 0 Å². The van der Waals surface area contributed by atoms with Crippen LogP contribution in [-0.2, 0) is 0 Å². The van der Waals surface area contributed by atoms with Gasteiger partial charge in [0.1, 0.15) is 0 Å². The predicted octanol–water partition coefficient (Wildman–Crippen LogP) is 3.58. The minimum atomic E-state index is -2.34. The van der Waals surface area contributed by atoms with Crippen molar-refractivity contribution in [3.05, 3.63) is 54.6 Å². The van der Waals surface area contributed by atoms with Gasteiger partial charge >= 0.3 is 0 Å². The number of hydrogen-bond donors (Lipinski definition) is 2. The van der Waals surface area contributed by atoms with Crippen LogP contribution < -0.4 is 14.7 Å². The van der Waals surface area contributed by atoms with Crippen molar-refractivity contribution in [2.75, 3.05) is 65.5 Å². The molecule has 2 heterocycles. The summed E-state index contributed by atoms with van der Waals surface area (Å²) in [7, 11) is -2.34. The lowest BCUT2D eigenvalue weighted by Crippen LogP contribution is -2.46. The van der Waals surface area contributed by atoms with Gasteiger partial charge in [-0.1, -0.05) is 24.3 Å². The molecule has 0 bridgehead atoms. The van der Waals surface area contributed by atoms with E-state index in [2.05, 4.69) is 69.3 Å². The van der Waals surface area contributed by atoms with Crippen molar-refractivity contribution in [3.63, 3.8) is 0 Å². The van der Waals surface area contributed by atoms with Gasteiger partial charge in [-0.2, -0.15) is 10.6 Å². The van der Waals surface area contributed by atoms with Crippen LogP contribution in [0.25, 0.3) is 0 Å².